The lowest BCUT2D eigenvalue weighted by Crippen LogP contribution is -2.46. The molecule has 0 aliphatic rings. The molecule has 0 saturated carbocycles. The maximum Gasteiger partial charge on any atom is 0.258 e. The molecule has 10 heteroatoms. The van der Waals surface area contributed by atoms with Gasteiger partial charge in [-0.05, 0) is 81.4 Å². The van der Waals surface area contributed by atoms with Crippen molar-refractivity contribution in [3.8, 4) is 11.5 Å². The third kappa shape index (κ3) is 7.96. The molecule has 42 heavy (non-hydrogen) atoms. The van der Waals surface area contributed by atoms with Crippen LogP contribution in [-0.4, -0.2) is 33.7 Å². The average molecular weight is 653 g/mol. The van der Waals surface area contributed by atoms with Crippen LogP contribution in [0.25, 0.3) is 10.8 Å². The van der Waals surface area contributed by atoms with Crippen molar-refractivity contribution >= 4 is 48.8 Å². The molecule has 0 unspecified atom stereocenters. The van der Waals surface area contributed by atoms with Crippen LogP contribution < -0.4 is 19.6 Å². The number of amides is 1. The highest BCUT2D eigenvalue weighted by Crippen LogP contribution is 2.37. The van der Waals surface area contributed by atoms with Crippen molar-refractivity contribution in [3.63, 3.8) is 0 Å². The van der Waals surface area contributed by atoms with Crippen LogP contribution in [0.5, 0.6) is 11.5 Å². The fourth-order valence-corrected chi connectivity index (χ4v) is 6.21. The molecule has 0 aliphatic carbocycles. The van der Waals surface area contributed by atoms with E-state index >= 15 is 0 Å². The molecule has 4 rings (SSSR count). The van der Waals surface area contributed by atoms with Crippen LogP contribution in [0.1, 0.15) is 37.0 Å². The van der Waals surface area contributed by atoms with Gasteiger partial charge in [0.15, 0.2) is 11.5 Å². The number of hydrogen-bond donors (Lipinski definition) is 2. The van der Waals surface area contributed by atoms with E-state index in [9.17, 15) is 13.2 Å². The first-order valence-corrected chi connectivity index (χ1v) is 15.7. The number of sulfonamides is 1. The molecule has 220 valence electrons. The van der Waals surface area contributed by atoms with Crippen molar-refractivity contribution < 1.29 is 22.7 Å². The Hall–Kier alpha value is -3.73. The van der Waals surface area contributed by atoms with Gasteiger partial charge >= 0.3 is 0 Å². The van der Waals surface area contributed by atoms with Crippen LogP contribution in [0.3, 0.4) is 0 Å². The third-order valence-corrected chi connectivity index (χ3v) is 8.62. The second kappa shape index (κ2) is 14.0. The quantitative estimate of drug-likeness (QED) is 0.137. The zero-order valence-electron chi connectivity index (χ0n) is 23.9. The van der Waals surface area contributed by atoms with Gasteiger partial charge in [0.2, 0.25) is 10.0 Å². The van der Waals surface area contributed by atoms with E-state index in [4.69, 9.17) is 9.47 Å². The summed E-state index contributed by atoms with van der Waals surface area (Å²) in [6.45, 7) is 6.04. The van der Waals surface area contributed by atoms with Gasteiger partial charge < -0.3 is 9.47 Å². The van der Waals surface area contributed by atoms with Crippen LogP contribution >= 0.6 is 15.9 Å². The number of carbonyl (C=O) groups excluding carboxylic acids is 1. The van der Waals surface area contributed by atoms with E-state index in [0.717, 1.165) is 21.9 Å². The Morgan fingerprint density at radius 3 is 2.45 bits per heavy atom. The highest BCUT2D eigenvalue weighted by molar-refractivity contribution is 9.10. The van der Waals surface area contributed by atoms with E-state index in [1.807, 2.05) is 45.0 Å². The summed E-state index contributed by atoms with van der Waals surface area (Å²) in [7, 11) is -2.35. The van der Waals surface area contributed by atoms with Crippen LogP contribution in [0.2, 0.25) is 0 Å². The molecule has 4 aromatic carbocycles. The number of halogens is 1. The molecule has 1 amide bonds. The molecule has 0 spiro atoms. The summed E-state index contributed by atoms with van der Waals surface area (Å²) < 4.78 is 40.8. The van der Waals surface area contributed by atoms with Gasteiger partial charge in [-0.1, -0.05) is 74.0 Å². The number of fused-ring (bicyclic) bond motifs is 1. The molecule has 0 aromatic heterocycles. The monoisotopic (exact) mass is 651 g/mol. The predicted molar refractivity (Wildman–Crippen MR) is 169 cm³/mol. The summed E-state index contributed by atoms with van der Waals surface area (Å²) in [4.78, 5) is 13.1. The molecular formula is C32H34BrN3O5S. The van der Waals surface area contributed by atoms with Crippen molar-refractivity contribution in [3.05, 3.63) is 100 Å². The van der Waals surface area contributed by atoms with Crippen molar-refractivity contribution in [2.24, 2.45) is 11.0 Å². The number of rotatable bonds is 12. The SMILES string of the molecule is COc1cc(/C=N\NC(=O)[C@@H](CC(C)C)NS(=O)(=O)c2ccc(C)cc2)cc(Br)c1OCc1cccc2ccccc12. The lowest BCUT2D eigenvalue weighted by Gasteiger charge is -2.19. The van der Waals surface area contributed by atoms with E-state index < -0.39 is 22.0 Å². The smallest absolute Gasteiger partial charge is 0.258 e. The summed E-state index contributed by atoms with van der Waals surface area (Å²) >= 11 is 3.56. The van der Waals surface area contributed by atoms with E-state index in [-0.39, 0.29) is 10.8 Å². The molecular weight excluding hydrogens is 618 g/mol. The molecule has 0 heterocycles. The maximum absolute atomic E-state index is 13.0. The number of hydrazone groups is 1. The van der Waals surface area contributed by atoms with Crippen LogP contribution in [0.4, 0.5) is 0 Å². The maximum atomic E-state index is 13.0. The van der Waals surface area contributed by atoms with Gasteiger partial charge in [0.25, 0.3) is 5.91 Å². The Morgan fingerprint density at radius 1 is 1.02 bits per heavy atom. The van der Waals surface area contributed by atoms with E-state index in [1.165, 1.54) is 18.3 Å². The minimum Gasteiger partial charge on any atom is -0.493 e. The first kappa shape index (κ1) is 31.2. The molecule has 0 radical (unpaired) electrons. The van der Waals surface area contributed by atoms with E-state index in [0.29, 0.717) is 34.6 Å². The van der Waals surface area contributed by atoms with Gasteiger partial charge in [0.1, 0.15) is 12.6 Å². The summed E-state index contributed by atoms with van der Waals surface area (Å²) in [6, 6.07) is 23.2. The Labute approximate surface area is 255 Å². The normalized spacial score (nSPS) is 12.5. The summed E-state index contributed by atoms with van der Waals surface area (Å²) in [6.07, 6.45) is 1.76. The van der Waals surface area contributed by atoms with Crippen molar-refractivity contribution in [1.29, 1.82) is 0 Å². The second-order valence-corrected chi connectivity index (χ2v) is 12.9. The predicted octanol–water partition coefficient (Wildman–Crippen LogP) is 6.34. The van der Waals surface area contributed by atoms with Crippen LogP contribution in [0, 0.1) is 12.8 Å². The Morgan fingerprint density at radius 2 is 1.74 bits per heavy atom. The number of methoxy groups -OCH3 is 1. The average Bonchev–Trinajstić information content (AvgIpc) is 2.95. The molecule has 4 aromatic rings. The fraction of sp³-hybridized carbons (Fsp3) is 0.250. The number of aryl methyl sites for hydroxylation is 1. The zero-order valence-corrected chi connectivity index (χ0v) is 26.3. The second-order valence-electron chi connectivity index (χ2n) is 10.3. The zero-order chi connectivity index (χ0) is 30.3. The van der Waals surface area contributed by atoms with Crippen molar-refractivity contribution in [2.75, 3.05) is 7.11 Å². The standard InChI is InChI=1S/C32H34BrN3O5S/c1-21(2)16-29(36-42(38,39)26-14-12-22(3)13-15-26)32(37)35-34-19-23-17-28(33)31(30(18-23)40-4)41-20-25-10-7-9-24-8-5-6-11-27(24)25/h5-15,17-19,21,29,36H,16,20H2,1-4H3,(H,35,37)/b34-19-/t29-/m1/s1. The molecule has 8 nitrogen and oxygen atoms in total. The Bertz CT molecular complexity index is 1680. The van der Waals surface area contributed by atoms with Gasteiger partial charge in [-0.2, -0.15) is 9.82 Å². The van der Waals surface area contributed by atoms with Gasteiger partial charge in [-0.25, -0.2) is 13.8 Å². The first-order valence-electron chi connectivity index (χ1n) is 13.5. The molecule has 0 fully saturated rings. The van der Waals surface area contributed by atoms with Gasteiger partial charge in [-0.15, -0.1) is 0 Å². The summed E-state index contributed by atoms with van der Waals surface area (Å²) in [5.74, 6) is 0.527. The largest absolute Gasteiger partial charge is 0.493 e. The molecule has 1 atom stereocenters. The first-order chi connectivity index (χ1) is 20.1. The Balaban J connectivity index is 1.45. The van der Waals surface area contributed by atoms with Crippen molar-refractivity contribution in [2.45, 2.75) is 44.7 Å². The lowest BCUT2D eigenvalue weighted by atomic mass is 10.0. The topological polar surface area (TPSA) is 106 Å². The molecule has 0 bridgehead atoms. The third-order valence-electron chi connectivity index (χ3n) is 6.54. The van der Waals surface area contributed by atoms with Gasteiger partial charge in [0, 0.05) is 0 Å². The number of benzene rings is 4. The lowest BCUT2D eigenvalue weighted by molar-refractivity contribution is -0.123. The summed E-state index contributed by atoms with van der Waals surface area (Å²) in [5.41, 5.74) is 5.09. The summed E-state index contributed by atoms with van der Waals surface area (Å²) in [5, 5.41) is 6.33. The van der Waals surface area contributed by atoms with Gasteiger partial charge in [-0.3, -0.25) is 4.79 Å². The fourth-order valence-electron chi connectivity index (χ4n) is 4.42. The Kier molecular flexibility index (Phi) is 10.4. The minimum absolute atomic E-state index is 0.0621. The number of nitrogens with zero attached hydrogens (tertiary/aromatic N) is 1. The molecule has 2 N–H and O–H groups in total. The number of nitrogens with one attached hydrogen (secondary N) is 2. The van der Waals surface area contributed by atoms with Crippen molar-refractivity contribution in [1.82, 2.24) is 10.1 Å². The number of carbonyl (C=O) groups is 1. The highest BCUT2D eigenvalue weighted by atomic mass is 79.9. The highest BCUT2D eigenvalue weighted by Gasteiger charge is 2.26. The molecule has 0 saturated heterocycles. The van der Waals surface area contributed by atoms with Crippen LogP contribution in [0.15, 0.2) is 93.3 Å². The van der Waals surface area contributed by atoms with Crippen LogP contribution in [-0.2, 0) is 21.4 Å². The van der Waals surface area contributed by atoms with E-state index in [1.54, 1.807) is 31.4 Å². The van der Waals surface area contributed by atoms with E-state index in [2.05, 4.69) is 49.4 Å². The number of ether oxygens (including phenoxy) is 2. The minimum atomic E-state index is -3.90. The number of hydrogen-bond acceptors (Lipinski definition) is 6. The molecule has 0 aliphatic heterocycles. The van der Waals surface area contributed by atoms with Gasteiger partial charge in [0.05, 0.1) is 22.7 Å².